The van der Waals surface area contributed by atoms with Gasteiger partial charge in [0.05, 0.1) is 17.2 Å². The van der Waals surface area contributed by atoms with Crippen LogP contribution in [-0.4, -0.2) is 9.36 Å². The van der Waals surface area contributed by atoms with Crippen molar-refractivity contribution in [2.24, 2.45) is 0 Å². The molecule has 2 aromatic rings. The maximum atomic E-state index is 8.87. The molecule has 0 saturated heterocycles. The quantitative estimate of drug-likeness (QED) is 0.870. The lowest BCUT2D eigenvalue weighted by atomic mass is 10.3. The SMILES string of the molecule is Cc1nc(CNc2snc(N)c2C#N)cs1. The van der Waals surface area contributed by atoms with Crippen LogP contribution in [0.25, 0.3) is 0 Å². The average molecular weight is 251 g/mol. The number of nitrogens with two attached hydrogens (primary N) is 1. The fraction of sp³-hybridized carbons (Fsp3) is 0.222. The van der Waals surface area contributed by atoms with E-state index < -0.39 is 0 Å². The minimum absolute atomic E-state index is 0.282. The van der Waals surface area contributed by atoms with E-state index >= 15 is 0 Å². The van der Waals surface area contributed by atoms with Crippen molar-refractivity contribution >= 4 is 33.7 Å². The van der Waals surface area contributed by atoms with Gasteiger partial charge in [-0.15, -0.1) is 11.3 Å². The third-order valence-corrected chi connectivity index (χ3v) is 3.57. The number of aromatic nitrogens is 2. The van der Waals surface area contributed by atoms with Crippen LogP contribution in [0.2, 0.25) is 0 Å². The fourth-order valence-corrected chi connectivity index (χ4v) is 2.46. The van der Waals surface area contributed by atoms with Crippen molar-refractivity contribution in [3.63, 3.8) is 0 Å². The predicted octanol–water partition coefficient (Wildman–Crippen LogP) is 1.97. The first-order chi connectivity index (χ1) is 7.70. The van der Waals surface area contributed by atoms with Crippen molar-refractivity contribution in [1.29, 1.82) is 5.26 Å². The molecule has 2 heterocycles. The molecule has 0 spiro atoms. The molecule has 0 amide bonds. The van der Waals surface area contributed by atoms with E-state index in [2.05, 4.69) is 14.7 Å². The van der Waals surface area contributed by atoms with Crippen LogP contribution in [0.15, 0.2) is 5.38 Å². The number of aryl methyl sites for hydroxylation is 1. The molecule has 0 fully saturated rings. The van der Waals surface area contributed by atoms with Crippen LogP contribution < -0.4 is 11.1 Å². The number of nitriles is 1. The minimum Gasteiger partial charge on any atom is -0.382 e. The summed E-state index contributed by atoms with van der Waals surface area (Å²) in [6.07, 6.45) is 0. The standard InChI is InChI=1S/C9H9N5S2/c1-5-13-6(4-15-5)3-12-9-7(2-10)8(11)14-16-9/h4,12H,3H2,1H3,(H2,11,14). The van der Waals surface area contributed by atoms with Crippen molar-refractivity contribution in [2.45, 2.75) is 13.5 Å². The molecule has 7 heteroatoms. The fourth-order valence-electron chi connectivity index (χ4n) is 1.19. The first kappa shape index (κ1) is 10.9. The maximum absolute atomic E-state index is 8.87. The number of nitrogens with zero attached hydrogens (tertiary/aromatic N) is 3. The Balaban J connectivity index is 2.08. The topological polar surface area (TPSA) is 87.6 Å². The molecule has 0 aliphatic carbocycles. The van der Waals surface area contributed by atoms with Crippen LogP contribution in [0.5, 0.6) is 0 Å². The lowest BCUT2D eigenvalue weighted by Crippen LogP contribution is -2.00. The molecule has 3 N–H and O–H groups in total. The molecule has 2 aromatic heterocycles. The van der Waals surface area contributed by atoms with Crippen molar-refractivity contribution in [3.05, 3.63) is 21.6 Å². The molecule has 0 unspecified atom stereocenters. The molecule has 2 rings (SSSR count). The molecule has 82 valence electrons. The second-order valence-electron chi connectivity index (χ2n) is 3.10. The molecule has 0 aromatic carbocycles. The van der Waals surface area contributed by atoms with Gasteiger partial charge < -0.3 is 11.1 Å². The van der Waals surface area contributed by atoms with Gasteiger partial charge in [-0.05, 0) is 18.5 Å². The van der Waals surface area contributed by atoms with Gasteiger partial charge in [-0.2, -0.15) is 9.64 Å². The van der Waals surface area contributed by atoms with Gasteiger partial charge >= 0.3 is 0 Å². The zero-order chi connectivity index (χ0) is 11.5. The third-order valence-electron chi connectivity index (χ3n) is 1.93. The highest BCUT2D eigenvalue weighted by molar-refractivity contribution is 7.10. The summed E-state index contributed by atoms with van der Waals surface area (Å²) in [4.78, 5) is 4.31. The number of anilines is 2. The van der Waals surface area contributed by atoms with E-state index in [1.54, 1.807) is 11.3 Å². The zero-order valence-electron chi connectivity index (χ0n) is 8.52. The minimum atomic E-state index is 0.282. The highest BCUT2D eigenvalue weighted by Gasteiger charge is 2.10. The second kappa shape index (κ2) is 4.47. The van der Waals surface area contributed by atoms with Gasteiger partial charge in [-0.25, -0.2) is 4.98 Å². The first-order valence-electron chi connectivity index (χ1n) is 4.51. The maximum Gasteiger partial charge on any atom is 0.157 e. The van der Waals surface area contributed by atoms with E-state index in [1.165, 1.54) is 11.5 Å². The van der Waals surface area contributed by atoms with E-state index in [0.29, 0.717) is 17.1 Å². The Bertz CT molecular complexity index is 536. The van der Waals surface area contributed by atoms with Crippen molar-refractivity contribution in [3.8, 4) is 6.07 Å². The van der Waals surface area contributed by atoms with Crippen LogP contribution >= 0.6 is 22.9 Å². The first-order valence-corrected chi connectivity index (χ1v) is 6.16. The monoisotopic (exact) mass is 251 g/mol. The number of nitrogens with one attached hydrogen (secondary N) is 1. The molecule has 0 saturated carbocycles. The van der Waals surface area contributed by atoms with E-state index in [-0.39, 0.29) is 5.82 Å². The number of hydrogen-bond acceptors (Lipinski definition) is 7. The van der Waals surface area contributed by atoms with Gasteiger partial charge in [0.2, 0.25) is 0 Å². The van der Waals surface area contributed by atoms with E-state index in [9.17, 15) is 0 Å². The molecule has 0 atom stereocenters. The summed E-state index contributed by atoms with van der Waals surface area (Å²) in [5.41, 5.74) is 6.92. The third kappa shape index (κ3) is 2.13. The molecule has 0 aliphatic rings. The lowest BCUT2D eigenvalue weighted by molar-refractivity contribution is 1.06. The summed E-state index contributed by atoms with van der Waals surface area (Å²) >= 11 is 2.80. The highest BCUT2D eigenvalue weighted by atomic mass is 32.1. The molecule has 16 heavy (non-hydrogen) atoms. The van der Waals surface area contributed by atoms with E-state index in [0.717, 1.165) is 10.7 Å². The Hall–Kier alpha value is -1.65. The van der Waals surface area contributed by atoms with E-state index in [4.69, 9.17) is 11.0 Å². The van der Waals surface area contributed by atoms with Crippen LogP contribution in [0, 0.1) is 18.3 Å². The summed E-state index contributed by atoms with van der Waals surface area (Å²) in [7, 11) is 0. The summed E-state index contributed by atoms with van der Waals surface area (Å²) in [6.45, 7) is 2.54. The smallest absolute Gasteiger partial charge is 0.157 e. The van der Waals surface area contributed by atoms with Crippen molar-refractivity contribution in [1.82, 2.24) is 9.36 Å². The number of thiazole rings is 1. The van der Waals surface area contributed by atoms with Crippen LogP contribution in [0.1, 0.15) is 16.3 Å². The second-order valence-corrected chi connectivity index (χ2v) is 4.93. The number of nitrogen functional groups attached to an aromatic ring is 1. The molecule has 0 aliphatic heterocycles. The van der Waals surface area contributed by atoms with Gasteiger partial charge in [0.25, 0.3) is 0 Å². The van der Waals surface area contributed by atoms with Gasteiger partial charge in [-0.3, -0.25) is 0 Å². The Morgan fingerprint density at radius 3 is 3.06 bits per heavy atom. The predicted molar refractivity (Wildman–Crippen MR) is 65.4 cm³/mol. The summed E-state index contributed by atoms with van der Waals surface area (Å²) in [6, 6.07) is 2.03. The van der Waals surface area contributed by atoms with Gasteiger partial charge in [0.15, 0.2) is 5.82 Å². The van der Waals surface area contributed by atoms with Crippen molar-refractivity contribution < 1.29 is 0 Å². The molecule has 0 bridgehead atoms. The number of hydrogen-bond donors (Lipinski definition) is 2. The average Bonchev–Trinajstić information content (AvgIpc) is 2.82. The molecular weight excluding hydrogens is 242 g/mol. The molecule has 5 nitrogen and oxygen atoms in total. The largest absolute Gasteiger partial charge is 0.382 e. The number of rotatable bonds is 3. The molecular formula is C9H9N5S2. The normalized spacial score (nSPS) is 10.0. The van der Waals surface area contributed by atoms with Gasteiger partial charge in [0.1, 0.15) is 16.6 Å². The summed E-state index contributed by atoms with van der Waals surface area (Å²) in [5, 5.41) is 15.7. The van der Waals surface area contributed by atoms with Crippen LogP contribution in [-0.2, 0) is 6.54 Å². The molecule has 0 radical (unpaired) electrons. The zero-order valence-corrected chi connectivity index (χ0v) is 10.2. The lowest BCUT2D eigenvalue weighted by Gasteiger charge is -1.99. The van der Waals surface area contributed by atoms with Crippen LogP contribution in [0.4, 0.5) is 10.8 Å². The van der Waals surface area contributed by atoms with Crippen LogP contribution in [0.3, 0.4) is 0 Å². The van der Waals surface area contributed by atoms with Gasteiger partial charge in [0, 0.05) is 5.38 Å². The summed E-state index contributed by atoms with van der Waals surface area (Å²) in [5.74, 6) is 0.282. The Labute approximate surface area is 101 Å². The van der Waals surface area contributed by atoms with Gasteiger partial charge in [-0.1, -0.05) is 0 Å². The van der Waals surface area contributed by atoms with E-state index in [1.807, 2.05) is 18.4 Å². The Morgan fingerprint density at radius 1 is 1.62 bits per heavy atom. The Kier molecular flexibility index (Phi) is 3.03. The highest BCUT2D eigenvalue weighted by Crippen LogP contribution is 2.26. The Morgan fingerprint density at radius 2 is 2.44 bits per heavy atom. The summed E-state index contributed by atoms with van der Waals surface area (Å²) < 4.78 is 3.92. The van der Waals surface area contributed by atoms with Crippen molar-refractivity contribution in [2.75, 3.05) is 11.1 Å².